The number of benzene rings is 3. The third-order valence-corrected chi connectivity index (χ3v) is 3.42. The highest BCUT2D eigenvalue weighted by Gasteiger charge is 2.09. The molecule has 0 saturated heterocycles. The molecule has 3 rings (SSSR count). The first-order chi connectivity index (χ1) is 11.7. The van der Waals surface area contributed by atoms with E-state index in [9.17, 15) is 4.79 Å². The van der Waals surface area contributed by atoms with Crippen molar-refractivity contribution in [1.29, 1.82) is 0 Å². The van der Waals surface area contributed by atoms with Crippen LogP contribution in [0.2, 0.25) is 0 Å². The van der Waals surface area contributed by atoms with E-state index in [0.29, 0.717) is 23.6 Å². The molecule has 5 heteroatoms. The van der Waals surface area contributed by atoms with Crippen LogP contribution in [0.4, 0.5) is 0 Å². The first-order valence-corrected chi connectivity index (χ1v) is 7.59. The summed E-state index contributed by atoms with van der Waals surface area (Å²) in [5.41, 5.74) is 6.99. The van der Waals surface area contributed by atoms with E-state index in [-0.39, 0.29) is 12.4 Å². The zero-order valence-electron chi connectivity index (χ0n) is 13.4. The number of hydrogen-bond acceptors (Lipinski definition) is 4. The summed E-state index contributed by atoms with van der Waals surface area (Å²) in [5, 5.41) is 0. The predicted molar refractivity (Wildman–Crippen MR) is 99.5 cm³/mol. The third-order valence-electron chi connectivity index (χ3n) is 3.42. The first kappa shape index (κ1) is 18.5. The zero-order valence-corrected chi connectivity index (χ0v) is 14.2. The van der Waals surface area contributed by atoms with Crippen LogP contribution in [0.3, 0.4) is 0 Å². The molecule has 0 aliphatic rings. The highest BCUT2D eigenvalue weighted by molar-refractivity contribution is 5.91. The summed E-state index contributed by atoms with van der Waals surface area (Å²) >= 11 is 0. The lowest BCUT2D eigenvalue weighted by molar-refractivity contribution is 0.0734. The van der Waals surface area contributed by atoms with Crippen molar-refractivity contribution < 1.29 is 14.3 Å². The number of para-hydroxylation sites is 1. The Bertz CT molecular complexity index is 820. The van der Waals surface area contributed by atoms with Crippen molar-refractivity contribution in [3.63, 3.8) is 0 Å². The summed E-state index contributed by atoms with van der Waals surface area (Å²) in [6.07, 6.45) is 0. The molecule has 3 aromatic rings. The molecule has 0 aliphatic carbocycles. The summed E-state index contributed by atoms with van der Waals surface area (Å²) in [5.74, 6) is 1.33. The van der Waals surface area contributed by atoms with Crippen molar-refractivity contribution in [1.82, 2.24) is 0 Å². The Morgan fingerprint density at radius 1 is 0.800 bits per heavy atom. The molecule has 0 saturated carbocycles. The number of carbonyl (C=O) groups excluding carboxylic acids is 1. The minimum absolute atomic E-state index is 0. The Hall–Kier alpha value is -2.82. The average molecular weight is 356 g/mol. The maximum absolute atomic E-state index is 12.2. The number of hydrogen-bond donors (Lipinski definition) is 1. The summed E-state index contributed by atoms with van der Waals surface area (Å²) < 4.78 is 11.1. The maximum atomic E-state index is 12.2. The molecule has 4 nitrogen and oxygen atoms in total. The van der Waals surface area contributed by atoms with Crippen molar-refractivity contribution in [3.8, 4) is 17.2 Å². The van der Waals surface area contributed by atoms with Crippen LogP contribution in [0.15, 0.2) is 78.9 Å². The summed E-state index contributed by atoms with van der Waals surface area (Å²) in [6, 6.07) is 23.4. The Labute approximate surface area is 152 Å². The summed E-state index contributed by atoms with van der Waals surface area (Å²) in [4.78, 5) is 12.2. The number of rotatable bonds is 5. The number of carbonyl (C=O) groups is 1. The number of ether oxygens (including phenoxy) is 2. The maximum Gasteiger partial charge on any atom is 0.343 e. The number of nitrogens with two attached hydrogens (primary N) is 1. The Kier molecular flexibility index (Phi) is 6.57. The fourth-order valence-electron chi connectivity index (χ4n) is 2.17. The summed E-state index contributed by atoms with van der Waals surface area (Å²) in [6.45, 7) is 0.439. The SMILES string of the molecule is Cl.NCc1ccc(C(=O)Oc2cccc(Oc3ccccc3)c2)cc1. The van der Waals surface area contributed by atoms with E-state index in [1.165, 1.54) is 0 Å². The van der Waals surface area contributed by atoms with Gasteiger partial charge < -0.3 is 15.2 Å². The van der Waals surface area contributed by atoms with E-state index >= 15 is 0 Å². The lowest BCUT2D eigenvalue weighted by Gasteiger charge is -2.08. The molecule has 0 bridgehead atoms. The molecule has 0 heterocycles. The average Bonchev–Trinajstić information content (AvgIpc) is 2.63. The van der Waals surface area contributed by atoms with Gasteiger partial charge >= 0.3 is 5.97 Å². The molecule has 25 heavy (non-hydrogen) atoms. The highest BCUT2D eigenvalue weighted by atomic mass is 35.5. The fourth-order valence-corrected chi connectivity index (χ4v) is 2.17. The molecule has 0 amide bonds. The van der Waals surface area contributed by atoms with Crippen molar-refractivity contribution in [2.75, 3.05) is 0 Å². The third kappa shape index (κ3) is 5.08. The predicted octanol–water partition coefficient (Wildman–Crippen LogP) is 4.58. The standard InChI is InChI=1S/C20H17NO3.ClH/c21-14-15-9-11-16(12-10-15)20(22)24-19-8-4-7-18(13-19)23-17-5-2-1-3-6-17;/h1-13H,14,21H2;1H. The highest BCUT2D eigenvalue weighted by Crippen LogP contribution is 2.25. The van der Waals surface area contributed by atoms with Gasteiger partial charge in [0.1, 0.15) is 17.2 Å². The molecule has 0 aromatic heterocycles. The Morgan fingerprint density at radius 3 is 2.12 bits per heavy atom. The summed E-state index contributed by atoms with van der Waals surface area (Å²) in [7, 11) is 0. The van der Waals surface area contributed by atoms with Gasteiger partial charge in [-0.05, 0) is 42.0 Å². The molecule has 0 aliphatic heterocycles. The molecule has 0 unspecified atom stereocenters. The second-order valence-corrected chi connectivity index (χ2v) is 5.18. The van der Waals surface area contributed by atoms with E-state index in [4.69, 9.17) is 15.2 Å². The van der Waals surface area contributed by atoms with Gasteiger partial charge in [0.2, 0.25) is 0 Å². The second kappa shape index (κ2) is 8.87. The monoisotopic (exact) mass is 355 g/mol. The van der Waals surface area contributed by atoms with Crippen molar-refractivity contribution in [2.24, 2.45) is 5.73 Å². The minimum atomic E-state index is -0.421. The fraction of sp³-hybridized carbons (Fsp3) is 0.0500. The Morgan fingerprint density at radius 2 is 1.44 bits per heavy atom. The molecule has 0 atom stereocenters. The molecule has 3 aromatic carbocycles. The lowest BCUT2D eigenvalue weighted by Crippen LogP contribution is -2.08. The van der Waals surface area contributed by atoms with Gasteiger partial charge in [-0.15, -0.1) is 12.4 Å². The van der Waals surface area contributed by atoms with E-state index in [1.807, 2.05) is 42.5 Å². The van der Waals surface area contributed by atoms with Crippen LogP contribution in [-0.2, 0) is 6.54 Å². The van der Waals surface area contributed by atoms with Crippen LogP contribution in [0.1, 0.15) is 15.9 Å². The molecule has 2 N–H and O–H groups in total. The van der Waals surface area contributed by atoms with E-state index in [2.05, 4.69) is 0 Å². The minimum Gasteiger partial charge on any atom is -0.457 e. The molecular formula is C20H18ClNO3. The van der Waals surface area contributed by atoms with Crippen LogP contribution in [0.5, 0.6) is 17.2 Å². The van der Waals surface area contributed by atoms with Crippen LogP contribution in [0, 0.1) is 0 Å². The first-order valence-electron chi connectivity index (χ1n) is 7.59. The molecule has 0 radical (unpaired) electrons. The largest absolute Gasteiger partial charge is 0.457 e. The van der Waals surface area contributed by atoms with Crippen LogP contribution >= 0.6 is 12.4 Å². The lowest BCUT2D eigenvalue weighted by atomic mass is 10.1. The van der Waals surface area contributed by atoms with Crippen LogP contribution < -0.4 is 15.2 Å². The normalized spacial score (nSPS) is 9.80. The number of halogens is 1. The quantitative estimate of drug-likeness (QED) is 0.537. The number of esters is 1. The van der Waals surface area contributed by atoms with Gasteiger partial charge in [-0.3, -0.25) is 0 Å². The van der Waals surface area contributed by atoms with Crippen LogP contribution in [-0.4, -0.2) is 5.97 Å². The van der Waals surface area contributed by atoms with E-state index < -0.39 is 5.97 Å². The second-order valence-electron chi connectivity index (χ2n) is 5.18. The van der Waals surface area contributed by atoms with Gasteiger partial charge in [-0.25, -0.2) is 4.79 Å². The van der Waals surface area contributed by atoms with Gasteiger partial charge in [-0.2, -0.15) is 0 Å². The van der Waals surface area contributed by atoms with Crippen molar-refractivity contribution in [3.05, 3.63) is 90.0 Å². The van der Waals surface area contributed by atoms with Crippen molar-refractivity contribution in [2.45, 2.75) is 6.54 Å². The zero-order chi connectivity index (χ0) is 16.8. The van der Waals surface area contributed by atoms with E-state index in [0.717, 1.165) is 11.3 Å². The van der Waals surface area contributed by atoms with Gasteiger partial charge in [0.25, 0.3) is 0 Å². The van der Waals surface area contributed by atoms with Crippen molar-refractivity contribution >= 4 is 18.4 Å². The molecule has 0 fully saturated rings. The smallest absolute Gasteiger partial charge is 0.343 e. The van der Waals surface area contributed by atoms with Crippen LogP contribution in [0.25, 0.3) is 0 Å². The molecule has 0 spiro atoms. The molecular weight excluding hydrogens is 338 g/mol. The Balaban J connectivity index is 0.00000225. The van der Waals surface area contributed by atoms with Gasteiger partial charge in [0, 0.05) is 12.6 Å². The van der Waals surface area contributed by atoms with E-state index in [1.54, 1.807) is 36.4 Å². The van der Waals surface area contributed by atoms with Gasteiger partial charge in [0.15, 0.2) is 0 Å². The topological polar surface area (TPSA) is 61.6 Å². The molecule has 128 valence electrons. The van der Waals surface area contributed by atoms with Gasteiger partial charge in [0.05, 0.1) is 5.56 Å². The van der Waals surface area contributed by atoms with Gasteiger partial charge in [-0.1, -0.05) is 36.4 Å².